The Morgan fingerprint density at radius 1 is 1.25 bits per heavy atom. The van der Waals surface area contributed by atoms with Gasteiger partial charge in [0.2, 0.25) is 0 Å². The number of rotatable bonds is 2. The van der Waals surface area contributed by atoms with Crippen molar-refractivity contribution in [1.29, 1.82) is 0 Å². The van der Waals surface area contributed by atoms with Crippen molar-refractivity contribution in [2.24, 2.45) is 11.5 Å². The van der Waals surface area contributed by atoms with Crippen molar-refractivity contribution in [3.8, 4) is 0 Å². The molecule has 6 atom stereocenters. The molecule has 1 heterocycles. The van der Waals surface area contributed by atoms with E-state index in [9.17, 15) is 8.78 Å². The van der Waals surface area contributed by atoms with Crippen molar-refractivity contribution < 1.29 is 18.3 Å². The first-order valence-corrected chi connectivity index (χ1v) is 5.46. The number of ether oxygens (including phenoxy) is 2. The van der Waals surface area contributed by atoms with E-state index in [2.05, 4.69) is 0 Å². The fourth-order valence-electron chi connectivity index (χ4n) is 1.49. The van der Waals surface area contributed by atoms with E-state index in [4.69, 9.17) is 20.9 Å². The third-order valence-electron chi connectivity index (χ3n) is 2.34. The standard InChI is InChI=1S/C8H16F2N2O2.C2H6/c1-3(11)7-5(10)4(9)6(12)8(13-2)14-7;1-2/h3-8H,11-12H2,1-2H3;1-2H3/t3?,4?,5?,6-,7?,8+;/m1./s1. The summed E-state index contributed by atoms with van der Waals surface area (Å²) in [6, 6.07) is -1.71. The lowest BCUT2D eigenvalue weighted by atomic mass is 9.96. The molecule has 1 saturated heterocycles. The number of alkyl halides is 2. The molecule has 0 aromatic carbocycles. The monoisotopic (exact) mass is 240 g/mol. The molecule has 0 spiro atoms. The lowest BCUT2D eigenvalue weighted by Crippen LogP contribution is -2.62. The molecule has 1 aliphatic rings. The van der Waals surface area contributed by atoms with Crippen LogP contribution in [0, 0.1) is 0 Å². The van der Waals surface area contributed by atoms with Gasteiger partial charge in [0.15, 0.2) is 18.6 Å². The van der Waals surface area contributed by atoms with Gasteiger partial charge in [-0.25, -0.2) is 8.78 Å². The summed E-state index contributed by atoms with van der Waals surface area (Å²) in [5, 5.41) is 0. The number of nitrogens with two attached hydrogens (primary N) is 2. The van der Waals surface area contributed by atoms with Gasteiger partial charge >= 0.3 is 0 Å². The highest BCUT2D eigenvalue weighted by Gasteiger charge is 2.46. The number of hydrogen-bond donors (Lipinski definition) is 2. The van der Waals surface area contributed by atoms with Crippen LogP contribution in [0.25, 0.3) is 0 Å². The lowest BCUT2D eigenvalue weighted by Gasteiger charge is -2.39. The van der Waals surface area contributed by atoms with Gasteiger partial charge in [0, 0.05) is 13.2 Å². The van der Waals surface area contributed by atoms with Crippen molar-refractivity contribution in [3.63, 3.8) is 0 Å². The minimum atomic E-state index is -1.80. The van der Waals surface area contributed by atoms with Crippen molar-refractivity contribution >= 4 is 0 Å². The zero-order valence-electron chi connectivity index (χ0n) is 10.2. The molecule has 4 unspecified atom stereocenters. The van der Waals surface area contributed by atoms with Crippen LogP contribution in [0.15, 0.2) is 0 Å². The van der Waals surface area contributed by atoms with Crippen LogP contribution in [0.2, 0.25) is 0 Å². The Kier molecular flexibility index (Phi) is 6.98. The van der Waals surface area contributed by atoms with Gasteiger partial charge in [0.25, 0.3) is 0 Å². The Morgan fingerprint density at radius 2 is 1.75 bits per heavy atom. The quantitative estimate of drug-likeness (QED) is 0.746. The Morgan fingerprint density at radius 3 is 2.12 bits per heavy atom. The third-order valence-corrected chi connectivity index (χ3v) is 2.34. The van der Waals surface area contributed by atoms with Gasteiger partial charge in [-0.15, -0.1) is 0 Å². The van der Waals surface area contributed by atoms with Crippen LogP contribution >= 0.6 is 0 Å². The van der Waals surface area contributed by atoms with Crippen LogP contribution in [-0.4, -0.2) is 43.9 Å². The molecule has 1 fully saturated rings. The smallest absolute Gasteiger partial charge is 0.175 e. The largest absolute Gasteiger partial charge is 0.354 e. The van der Waals surface area contributed by atoms with E-state index < -0.39 is 36.8 Å². The molecule has 0 aromatic heterocycles. The Hall–Kier alpha value is -0.300. The zero-order chi connectivity index (χ0) is 12.9. The van der Waals surface area contributed by atoms with Crippen molar-refractivity contribution in [2.75, 3.05) is 7.11 Å². The van der Waals surface area contributed by atoms with Crippen LogP contribution in [0.1, 0.15) is 20.8 Å². The summed E-state index contributed by atoms with van der Waals surface area (Å²) < 4.78 is 36.5. The second kappa shape index (κ2) is 7.11. The molecule has 0 bridgehead atoms. The summed E-state index contributed by atoms with van der Waals surface area (Å²) in [5.74, 6) is 0. The van der Waals surface area contributed by atoms with E-state index in [1.807, 2.05) is 13.8 Å². The number of methoxy groups -OCH3 is 1. The highest BCUT2D eigenvalue weighted by molar-refractivity contribution is 4.94. The molecule has 4 N–H and O–H groups in total. The molecule has 1 rings (SSSR count). The molecule has 4 nitrogen and oxygen atoms in total. The van der Waals surface area contributed by atoms with Crippen molar-refractivity contribution in [1.82, 2.24) is 0 Å². The molecule has 0 aliphatic carbocycles. The van der Waals surface area contributed by atoms with Crippen LogP contribution in [-0.2, 0) is 9.47 Å². The topological polar surface area (TPSA) is 70.5 Å². The average Bonchev–Trinajstić information content (AvgIpc) is 2.28. The predicted molar refractivity (Wildman–Crippen MR) is 58.4 cm³/mol. The SMILES string of the molecule is CC.CO[C@H]1OC(C(C)N)C(F)C(F)[C@H]1N. The van der Waals surface area contributed by atoms with Gasteiger partial charge in [-0.2, -0.15) is 0 Å². The average molecular weight is 240 g/mol. The van der Waals surface area contributed by atoms with Gasteiger partial charge in [-0.1, -0.05) is 13.8 Å². The molecular formula is C10H22F2N2O2. The normalized spacial score (nSPS) is 40.9. The minimum absolute atomic E-state index is 0.603. The van der Waals surface area contributed by atoms with Gasteiger partial charge in [0.1, 0.15) is 6.10 Å². The van der Waals surface area contributed by atoms with Crippen LogP contribution in [0.3, 0.4) is 0 Å². The lowest BCUT2D eigenvalue weighted by molar-refractivity contribution is -0.231. The number of halogens is 2. The Labute approximate surface area is 95.3 Å². The van der Waals surface area contributed by atoms with Gasteiger partial charge in [-0.05, 0) is 6.92 Å². The first-order valence-electron chi connectivity index (χ1n) is 5.46. The molecule has 0 radical (unpaired) electrons. The fraction of sp³-hybridized carbons (Fsp3) is 1.00. The summed E-state index contributed by atoms with van der Waals surface area (Å²) in [7, 11) is 1.33. The summed E-state index contributed by atoms with van der Waals surface area (Å²) in [6.45, 7) is 5.55. The molecular weight excluding hydrogens is 218 g/mol. The maximum atomic E-state index is 13.3. The van der Waals surface area contributed by atoms with Gasteiger partial charge in [0.05, 0.1) is 6.04 Å². The van der Waals surface area contributed by atoms with Crippen LogP contribution in [0.5, 0.6) is 0 Å². The molecule has 0 aromatic rings. The highest BCUT2D eigenvalue weighted by Crippen LogP contribution is 2.26. The predicted octanol–water partition coefficient (Wildman–Crippen LogP) is 0.735. The zero-order valence-corrected chi connectivity index (χ0v) is 10.2. The van der Waals surface area contributed by atoms with Crippen molar-refractivity contribution in [2.45, 2.75) is 57.6 Å². The summed E-state index contributed by atoms with van der Waals surface area (Å²) in [6.07, 6.45) is -5.54. The second-order valence-corrected chi connectivity index (χ2v) is 3.53. The summed E-state index contributed by atoms with van der Waals surface area (Å²) in [5.41, 5.74) is 10.8. The molecule has 98 valence electrons. The molecule has 16 heavy (non-hydrogen) atoms. The molecule has 1 aliphatic heterocycles. The number of hydrogen-bond acceptors (Lipinski definition) is 4. The maximum Gasteiger partial charge on any atom is 0.175 e. The Balaban J connectivity index is 0.00000106. The van der Waals surface area contributed by atoms with Crippen molar-refractivity contribution in [3.05, 3.63) is 0 Å². The third kappa shape index (κ3) is 3.35. The molecule has 0 amide bonds. The van der Waals surface area contributed by atoms with E-state index in [1.54, 1.807) is 6.92 Å². The summed E-state index contributed by atoms with van der Waals surface area (Å²) in [4.78, 5) is 0. The minimum Gasteiger partial charge on any atom is -0.354 e. The van der Waals surface area contributed by atoms with E-state index in [-0.39, 0.29) is 0 Å². The van der Waals surface area contributed by atoms with E-state index in [0.29, 0.717) is 0 Å². The van der Waals surface area contributed by atoms with Gasteiger partial charge < -0.3 is 20.9 Å². The maximum absolute atomic E-state index is 13.3. The van der Waals surface area contributed by atoms with Gasteiger partial charge in [-0.3, -0.25) is 0 Å². The summed E-state index contributed by atoms with van der Waals surface area (Å²) >= 11 is 0. The Bertz CT molecular complexity index is 194. The highest BCUT2D eigenvalue weighted by atomic mass is 19.2. The second-order valence-electron chi connectivity index (χ2n) is 3.53. The molecule has 0 saturated carbocycles. The first kappa shape index (κ1) is 15.7. The van der Waals surface area contributed by atoms with Crippen LogP contribution < -0.4 is 11.5 Å². The van der Waals surface area contributed by atoms with E-state index in [1.165, 1.54) is 7.11 Å². The van der Waals surface area contributed by atoms with E-state index in [0.717, 1.165) is 0 Å². The van der Waals surface area contributed by atoms with Crippen LogP contribution in [0.4, 0.5) is 8.78 Å². The molecule has 6 heteroatoms. The fourth-order valence-corrected chi connectivity index (χ4v) is 1.49. The van der Waals surface area contributed by atoms with E-state index >= 15 is 0 Å². The first-order chi connectivity index (χ1) is 7.49.